The van der Waals surface area contributed by atoms with Gasteiger partial charge in [-0.1, -0.05) is 46.3 Å². The van der Waals surface area contributed by atoms with Gasteiger partial charge in [0, 0.05) is 47.3 Å². The molecule has 33 heavy (non-hydrogen) atoms. The fourth-order valence-electron chi connectivity index (χ4n) is 5.40. The Morgan fingerprint density at radius 2 is 1.94 bits per heavy atom. The zero-order valence-corrected chi connectivity index (χ0v) is 20.9. The smallest absolute Gasteiger partial charge is 0.126 e. The van der Waals surface area contributed by atoms with Gasteiger partial charge in [-0.2, -0.15) is 0 Å². The lowest BCUT2D eigenvalue weighted by molar-refractivity contribution is 0.0292. The summed E-state index contributed by atoms with van der Waals surface area (Å²) in [7, 11) is 1.71. The van der Waals surface area contributed by atoms with Gasteiger partial charge >= 0.3 is 0 Å². The maximum atomic E-state index is 5.26. The van der Waals surface area contributed by atoms with E-state index < -0.39 is 0 Å². The highest BCUT2D eigenvalue weighted by molar-refractivity contribution is 9.10. The molecule has 1 aromatic heterocycles. The van der Waals surface area contributed by atoms with Gasteiger partial charge in [0.2, 0.25) is 0 Å². The Balaban J connectivity index is 1.24. The number of nitrogens with one attached hydrogen (secondary N) is 1. The molecule has 0 saturated carbocycles. The van der Waals surface area contributed by atoms with Gasteiger partial charge in [0.25, 0.3) is 0 Å². The number of aryl methyl sites for hydroxylation is 1. The third-order valence-corrected chi connectivity index (χ3v) is 7.83. The second kappa shape index (κ2) is 9.92. The van der Waals surface area contributed by atoms with Crippen molar-refractivity contribution in [2.45, 2.75) is 38.3 Å². The summed E-state index contributed by atoms with van der Waals surface area (Å²) in [6, 6.07) is 19.4. The van der Waals surface area contributed by atoms with Crippen LogP contribution in [0.15, 0.2) is 59.1 Å². The lowest BCUT2D eigenvalue weighted by Crippen LogP contribution is -2.55. The van der Waals surface area contributed by atoms with E-state index in [0.717, 1.165) is 46.9 Å². The van der Waals surface area contributed by atoms with Gasteiger partial charge < -0.3 is 10.1 Å². The third kappa shape index (κ3) is 4.98. The van der Waals surface area contributed by atoms with E-state index in [-0.39, 0.29) is 0 Å². The van der Waals surface area contributed by atoms with Gasteiger partial charge in [0.15, 0.2) is 0 Å². The minimum absolute atomic E-state index is 0.486. The van der Waals surface area contributed by atoms with Crippen molar-refractivity contribution in [1.29, 1.82) is 0 Å². The monoisotopic (exact) mass is 506 g/mol. The molecular weight excluding hydrogens is 476 g/mol. The number of ether oxygens (including phenoxy) is 1. The predicted octanol–water partition coefficient (Wildman–Crippen LogP) is 5.19. The van der Waals surface area contributed by atoms with Crippen LogP contribution in [0.2, 0.25) is 0 Å². The average Bonchev–Trinajstić information content (AvgIpc) is 2.85. The van der Waals surface area contributed by atoms with Gasteiger partial charge in [0.1, 0.15) is 11.6 Å². The Labute approximate surface area is 204 Å². The first-order valence-corrected chi connectivity index (χ1v) is 12.6. The highest BCUT2D eigenvalue weighted by atomic mass is 79.9. The molecule has 4 heterocycles. The zero-order valence-electron chi connectivity index (χ0n) is 19.3. The minimum Gasteiger partial charge on any atom is -0.497 e. The lowest BCUT2D eigenvalue weighted by atomic mass is 9.74. The molecule has 6 rings (SSSR count). The summed E-state index contributed by atoms with van der Waals surface area (Å²) in [6.45, 7) is 6.21. The fraction of sp³-hybridized carbons (Fsp3) is 0.407. The minimum atomic E-state index is 0.486. The van der Waals surface area contributed by atoms with Crippen molar-refractivity contribution in [1.82, 2.24) is 20.2 Å². The molecule has 3 fully saturated rings. The summed E-state index contributed by atoms with van der Waals surface area (Å²) in [6.07, 6.45) is 2.49. The molecule has 0 spiro atoms. The Morgan fingerprint density at radius 3 is 2.67 bits per heavy atom. The number of hydrogen-bond donors (Lipinski definition) is 1. The predicted molar refractivity (Wildman–Crippen MR) is 135 cm³/mol. The van der Waals surface area contributed by atoms with Gasteiger partial charge in [-0.15, -0.1) is 0 Å². The number of hydrogen-bond acceptors (Lipinski definition) is 5. The molecule has 6 heteroatoms. The normalized spacial score (nSPS) is 24.1. The summed E-state index contributed by atoms with van der Waals surface area (Å²) in [5.74, 6) is 2.93. The third-order valence-electron chi connectivity index (χ3n) is 7.13. The van der Waals surface area contributed by atoms with Crippen LogP contribution < -0.4 is 10.1 Å². The van der Waals surface area contributed by atoms with Crippen LogP contribution in [0.1, 0.15) is 35.8 Å². The van der Waals surface area contributed by atoms with Crippen molar-refractivity contribution >= 4 is 15.9 Å². The maximum Gasteiger partial charge on any atom is 0.126 e. The summed E-state index contributed by atoms with van der Waals surface area (Å²) >= 11 is 3.68. The van der Waals surface area contributed by atoms with Crippen LogP contribution in [0.4, 0.5) is 0 Å². The van der Waals surface area contributed by atoms with E-state index >= 15 is 0 Å². The maximum absolute atomic E-state index is 5.26. The number of fused-ring (bicyclic) bond motifs is 3. The highest BCUT2D eigenvalue weighted by Crippen LogP contribution is 2.42. The first kappa shape index (κ1) is 22.5. The molecule has 1 N–H and O–H groups in total. The molecule has 2 bridgehead atoms. The number of aromatic nitrogens is 2. The first-order valence-electron chi connectivity index (χ1n) is 11.8. The summed E-state index contributed by atoms with van der Waals surface area (Å²) in [5.41, 5.74) is 4.64. The molecule has 4 atom stereocenters. The Morgan fingerprint density at radius 1 is 1.12 bits per heavy atom. The molecular formula is C27H31BrN4O. The van der Waals surface area contributed by atoms with E-state index in [1.807, 2.05) is 25.1 Å². The van der Waals surface area contributed by atoms with E-state index in [1.165, 1.54) is 30.6 Å². The van der Waals surface area contributed by atoms with E-state index in [0.29, 0.717) is 17.9 Å². The Kier molecular flexibility index (Phi) is 6.76. The number of methoxy groups -OCH3 is 1. The van der Waals surface area contributed by atoms with Crippen molar-refractivity contribution in [2.75, 3.05) is 26.7 Å². The van der Waals surface area contributed by atoms with Crippen LogP contribution in [-0.2, 0) is 6.54 Å². The summed E-state index contributed by atoms with van der Waals surface area (Å²) < 4.78 is 6.33. The lowest BCUT2D eigenvalue weighted by Gasteiger charge is -2.50. The molecule has 0 amide bonds. The highest BCUT2D eigenvalue weighted by Gasteiger charge is 2.41. The van der Waals surface area contributed by atoms with Crippen molar-refractivity contribution in [3.8, 4) is 17.0 Å². The molecule has 2 aromatic carbocycles. The second-order valence-electron chi connectivity index (χ2n) is 9.22. The summed E-state index contributed by atoms with van der Waals surface area (Å²) in [5, 5.41) is 3.68. The largest absolute Gasteiger partial charge is 0.497 e. The quantitative estimate of drug-likeness (QED) is 0.477. The van der Waals surface area contributed by atoms with Crippen molar-refractivity contribution in [2.24, 2.45) is 5.92 Å². The number of benzene rings is 2. The van der Waals surface area contributed by atoms with Gasteiger partial charge in [0.05, 0.1) is 12.8 Å². The van der Waals surface area contributed by atoms with Crippen LogP contribution >= 0.6 is 15.9 Å². The Bertz CT molecular complexity index is 1100. The van der Waals surface area contributed by atoms with Crippen molar-refractivity contribution in [3.63, 3.8) is 0 Å². The SMILES string of the molecule is COc1ccc(CNC[C@H]2C[C@@H]3CCN2C[C@H]3c2cc(-c3ccccc3Br)nc(C)n2)cc1. The molecule has 3 saturated heterocycles. The average molecular weight is 507 g/mol. The molecule has 3 aliphatic rings. The van der Waals surface area contributed by atoms with E-state index in [1.54, 1.807) is 7.11 Å². The number of rotatable bonds is 7. The van der Waals surface area contributed by atoms with Crippen molar-refractivity contribution < 1.29 is 4.74 Å². The van der Waals surface area contributed by atoms with Gasteiger partial charge in [-0.3, -0.25) is 4.90 Å². The first-order chi connectivity index (χ1) is 16.1. The molecule has 1 unspecified atom stereocenters. The topological polar surface area (TPSA) is 50.3 Å². The molecule has 5 nitrogen and oxygen atoms in total. The van der Waals surface area contributed by atoms with E-state index in [2.05, 4.69) is 62.5 Å². The van der Waals surface area contributed by atoms with Crippen LogP contribution in [0.3, 0.4) is 0 Å². The van der Waals surface area contributed by atoms with E-state index in [9.17, 15) is 0 Å². The number of piperidine rings is 3. The number of halogens is 1. The standard InChI is InChI=1S/C27H31BrN4O/c1-18-30-26(23-5-3-4-6-25(23)28)14-27(31-18)24-17-32-12-11-20(24)13-21(32)16-29-15-19-7-9-22(33-2)10-8-19/h3-10,14,20-21,24,29H,11-13,15-17H2,1-2H3/t20-,21+,24+/m0/s1. The molecule has 3 aliphatic heterocycles. The van der Waals surface area contributed by atoms with Crippen molar-refractivity contribution in [3.05, 3.63) is 76.2 Å². The van der Waals surface area contributed by atoms with Crippen LogP contribution in [-0.4, -0.2) is 47.7 Å². The second-order valence-corrected chi connectivity index (χ2v) is 10.1. The van der Waals surface area contributed by atoms with Gasteiger partial charge in [-0.25, -0.2) is 9.97 Å². The fourth-order valence-corrected chi connectivity index (χ4v) is 5.89. The van der Waals surface area contributed by atoms with Crippen LogP contribution in [0, 0.1) is 12.8 Å². The number of nitrogens with zero attached hydrogens (tertiary/aromatic N) is 3. The van der Waals surface area contributed by atoms with Crippen LogP contribution in [0.5, 0.6) is 5.75 Å². The van der Waals surface area contributed by atoms with Crippen LogP contribution in [0.25, 0.3) is 11.3 Å². The molecule has 172 valence electrons. The molecule has 0 aliphatic carbocycles. The zero-order chi connectivity index (χ0) is 22.8. The van der Waals surface area contributed by atoms with Gasteiger partial charge in [-0.05, 0) is 62.1 Å². The Hall–Kier alpha value is -2.28. The van der Waals surface area contributed by atoms with E-state index in [4.69, 9.17) is 14.7 Å². The molecule has 3 aromatic rings. The molecule has 0 radical (unpaired) electrons. The summed E-state index contributed by atoms with van der Waals surface area (Å²) in [4.78, 5) is 12.3.